The molecule has 1 amide bonds. The van der Waals surface area contributed by atoms with E-state index in [9.17, 15) is 4.79 Å². The number of amides is 1. The Kier molecular flexibility index (Phi) is 6.24. The van der Waals surface area contributed by atoms with Crippen LogP contribution in [-0.2, 0) is 16.1 Å². The molecule has 0 aromatic heterocycles. The lowest BCUT2D eigenvalue weighted by Crippen LogP contribution is -2.31. The fourth-order valence-corrected chi connectivity index (χ4v) is 3.68. The van der Waals surface area contributed by atoms with E-state index in [0.717, 1.165) is 18.5 Å². The first-order chi connectivity index (χ1) is 12.7. The predicted molar refractivity (Wildman–Crippen MR) is 104 cm³/mol. The van der Waals surface area contributed by atoms with Gasteiger partial charge in [0.15, 0.2) is 0 Å². The number of rotatable bonds is 8. The summed E-state index contributed by atoms with van der Waals surface area (Å²) in [7, 11) is 0. The topological polar surface area (TPSA) is 29.5 Å². The van der Waals surface area contributed by atoms with E-state index in [-0.39, 0.29) is 23.8 Å². The van der Waals surface area contributed by atoms with Gasteiger partial charge in [-0.15, -0.1) is 6.58 Å². The zero-order valence-corrected chi connectivity index (χ0v) is 15.4. The van der Waals surface area contributed by atoms with Gasteiger partial charge in [-0.3, -0.25) is 4.79 Å². The lowest BCUT2D eigenvalue weighted by atomic mass is 9.93. The number of benzene rings is 2. The number of hydrogen-bond acceptors (Lipinski definition) is 2. The third kappa shape index (κ3) is 4.23. The van der Waals surface area contributed by atoms with Crippen molar-refractivity contribution in [3.63, 3.8) is 0 Å². The van der Waals surface area contributed by atoms with Crippen molar-refractivity contribution in [2.75, 3.05) is 13.2 Å². The second kappa shape index (κ2) is 8.81. The van der Waals surface area contributed by atoms with Crippen molar-refractivity contribution in [1.82, 2.24) is 4.90 Å². The quantitative estimate of drug-likeness (QED) is 0.651. The summed E-state index contributed by atoms with van der Waals surface area (Å²) in [5, 5.41) is 0. The first kappa shape index (κ1) is 18.4. The van der Waals surface area contributed by atoms with E-state index in [4.69, 9.17) is 4.74 Å². The fourth-order valence-electron chi connectivity index (χ4n) is 3.68. The molecule has 0 N–H and O–H groups in total. The van der Waals surface area contributed by atoms with Crippen molar-refractivity contribution in [2.24, 2.45) is 11.8 Å². The molecule has 0 aliphatic carbocycles. The molecule has 0 radical (unpaired) electrons. The van der Waals surface area contributed by atoms with Crippen LogP contribution in [0.4, 0.5) is 0 Å². The Labute approximate surface area is 156 Å². The Morgan fingerprint density at radius 2 is 1.81 bits per heavy atom. The molecule has 1 heterocycles. The molecule has 2 aromatic carbocycles. The summed E-state index contributed by atoms with van der Waals surface area (Å²) in [5.41, 5.74) is 2.30. The highest BCUT2D eigenvalue weighted by Gasteiger charge is 2.41. The molecule has 3 nitrogen and oxygen atoms in total. The minimum absolute atomic E-state index is 0.0788. The third-order valence-electron chi connectivity index (χ3n) is 5.23. The first-order valence-electron chi connectivity index (χ1n) is 9.28. The van der Waals surface area contributed by atoms with Crippen molar-refractivity contribution in [1.29, 1.82) is 0 Å². The summed E-state index contributed by atoms with van der Waals surface area (Å²) in [6.07, 6.45) is 2.75. The summed E-state index contributed by atoms with van der Waals surface area (Å²) in [4.78, 5) is 15.1. The molecule has 1 aliphatic heterocycles. The van der Waals surface area contributed by atoms with E-state index in [1.54, 1.807) is 0 Å². The maximum atomic E-state index is 13.1. The molecule has 0 unspecified atom stereocenters. The highest BCUT2D eigenvalue weighted by atomic mass is 16.5. The van der Waals surface area contributed by atoms with Gasteiger partial charge < -0.3 is 9.64 Å². The molecule has 0 bridgehead atoms. The minimum atomic E-state index is -0.0946. The number of ether oxygens (including phenoxy) is 1. The normalized spacial score (nSPS) is 21.0. The van der Waals surface area contributed by atoms with Crippen LogP contribution < -0.4 is 0 Å². The van der Waals surface area contributed by atoms with Crippen LogP contribution in [0.25, 0.3) is 0 Å². The van der Waals surface area contributed by atoms with Crippen LogP contribution in [0.1, 0.15) is 30.5 Å². The molecule has 1 fully saturated rings. The van der Waals surface area contributed by atoms with Gasteiger partial charge in [-0.1, -0.05) is 66.7 Å². The fraction of sp³-hybridized carbons (Fsp3) is 0.348. The molecule has 3 rings (SSSR count). The van der Waals surface area contributed by atoms with E-state index < -0.39 is 0 Å². The number of allylic oxidation sites excluding steroid dienone is 1. The van der Waals surface area contributed by atoms with Crippen molar-refractivity contribution in [3.05, 3.63) is 84.4 Å². The first-order valence-corrected chi connectivity index (χ1v) is 9.28. The summed E-state index contributed by atoms with van der Waals surface area (Å²) in [6, 6.07) is 20.4. The number of nitrogens with zero attached hydrogens (tertiary/aromatic N) is 1. The second-order valence-corrected chi connectivity index (χ2v) is 6.97. The van der Waals surface area contributed by atoms with Crippen LogP contribution in [0.3, 0.4) is 0 Å². The lowest BCUT2D eigenvalue weighted by molar-refractivity contribution is -0.134. The third-order valence-corrected chi connectivity index (χ3v) is 5.23. The molecule has 2 aromatic rings. The monoisotopic (exact) mass is 349 g/mol. The molecule has 0 spiro atoms. The van der Waals surface area contributed by atoms with Crippen molar-refractivity contribution in [2.45, 2.75) is 26.0 Å². The molecular weight excluding hydrogens is 322 g/mol. The molecule has 1 saturated heterocycles. The van der Waals surface area contributed by atoms with Gasteiger partial charge in [-0.2, -0.15) is 0 Å². The molecule has 3 heteroatoms. The average molecular weight is 349 g/mol. The summed E-state index contributed by atoms with van der Waals surface area (Å²) in [5.74, 6) is 0.367. The van der Waals surface area contributed by atoms with Crippen LogP contribution in [0.2, 0.25) is 0 Å². The van der Waals surface area contributed by atoms with Crippen LogP contribution in [0.5, 0.6) is 0 Å². The summed E-state index contributed by atoms with van der Waals surface area (Å²) < 4.78 is 5.90. The second-order valence-electron chi connectivity index (χ2n) is 6.97. The SMILES string of the molecule is C=CC[C@@H]1CN([C@H](C)c2ccccc2)C(=O)[C@H]1COCc1ccccc1. The van der Waals surface area contributed by atoms with E-state index >= 15 is 0 Å². The van der Waals surface area contributed by atoms with Gasteiger partial charge >= 0.3 is 0 Å². The molecule has 136 valence electrons. The number of likely N-dealkylation sites (tertiary alicyclic amines) is 1. The van der Waals surface area contributed by atoms with Crippen LogP contribution in [-0.4, -0.2) is 24.0 Å². The molecule has 1 aliphatic rings. The Morgan fingerprint density at radius 1 is 1.15 bits per heavy atom. The molecule has 3 atom stereocenters. The number of hydrogen-bond donors (Lipinski definition) is 0. The standard InChI is InChI=1S/C23H27NO2/c1-3-10-21-15-24(18(2)20-13-8-5-9-14-20)23(25)22(21)17-26-16-19-11-6-4-7-12-19/h3-9,11-14,18,21-22H,1,10,15-17H2,2H3/t18-,21-,22+/m1/s1. The number of carbonyl (C=O) groups is 1. The molecule has 0 saturated carbocycles. The van der Waals surface area contributed by atoms with Gasteiger partial charge in [0.25, 0.3) is 0 Å². The zero-order valence-electron chi connectivity index (χ0n) is 15.4. The minimum Gasteiger partial charge on any atom is -0.376 e. The van der Waals surface area contributed by atoms with Gasteiger partial charge in [-0.05, 0) is 30.4 Å². The molecule has 26 heavy (non-hydrogen) atoms. The van der Waals surface area contributed by atoms with E-state index in [0.29, 0.717) is 13.2 Å². The highest BCUT2D eigenvalue weighted by molar-refractivity contribution is 5.82. The smallest absolute Gasteiger partial charge is 0.228 e. The van der Waals surface area contributed by atoms with Crippen LogP contribution >= 0.6 is 0 Å². The summed E-state index contributed by atoms with van der Waals surface area (Å²) >= 11 is 0. The van der Waals surface area contributed by atoms with Gasteiger partial charge in [0.2, 0.25) is 5.91 Å². The van der Waals surface area contributed by atoms with Crippen LogP contribution in [0.15, 0.2) is 73.3 Å². The van der Waals surface area contributed by atoms with E-state index in [1.807, 2.05) is 59.5 Å². The summed E-state index contributed by atoms with van der Waals surface area (Å²) in [6.45, 7) is 7.74. The van der Waals surface area contributed by atoms with Crippen molar-refractivity contribution >= 4 is 5.91 Å². The van der Waals surface area contributed by atoms with Gasteiger partial charge in [0, 0.05) is 6.54 Å². The van der Waals surface area contributed by atoms with Crippen molar-refractivity contribution < 1.29 is 9.53 Å². The highest BCUT2D eigenvalue weighted by Crippen LogP contribution is 2.34. The maximum Gasteiger partial charge on any atom is 0.228 e. The van der Waals surface area contributed by atoms with E-state index in [1.165, 1.54) is 5.56 Å². The number of carbonyl (C=O) groups excluding carboxylic acids is 1. The Morgan fingerprint density at radius 3 is 2.46 bits per heavy atom. The largest absolute Gasteiger partial charge is 0.376 e. The Hall–Kier alpha value is -2.39. The lowest BCUT2D eigenvalue weighted by Gasteiger charge is -2.25. The zero-order chi connectivity index (χ0) is 18.4. The maximum absolute atomic E-state index is 13.1. The van der Waals surface area contributed by atoms with Gasteiger partial charge in [-0.25, -0.2) is 0 Å². The Bertz CT molecular complexity index is 714. The van der Waals surface area contributed by atoms with E-state index in [2.05, 4.69) is 25.6 Å². The van der Waals surface area contributed by atoms with Gasteiger partial charge in [0.1, 0.15) is 0 Å². The predicted octanol–water partition coefficient (Wildman–Crippen LogP) is 4.62. The van der Waals surface area contributed by atoms with Gasteiger partial charge in [0.05, 0.1) is 25.2 Å². The molecular formula is C23H27NO2. The Balaban J connectivity index is 1.65. The van der Waals surface area contributed by atoms with Crippen LogP contribution in [0, 0.1) is 11.8 Å². The average Bonchev–Trinajstić information content (AvgIpc) is 2.99. The van der Waals surface area contributed by atoms with Crippen molar-refractivity contribution in [3.8, 4) is 0 Å².